The first-order valence-electron chi connectivity index (χ1n) is 13.1. The Morgan fingerprint density at radius 1 is 1.28 bits per heavy atom. The number of hydrogen-bond acceptors (Lipinski definition) is 6. The number of hydroxylamine groups is 3. The number of carbonyl (C=O) groups is 1. The fourth-order valence-electron chi connectivity index (χ4n) is 7.95. The lowest BCUT2D eigenvalue weighted by atomic mass is 9.48. The molecule has 2 saturated carbocycles. The molecule has 1 amide bonds. The van der Waals surface area contributed by atoms with Gasteiger partial charge in [0.05, 0.1) is 37.1 Å². The monoisotopic (exact) mass is 492 g/mol. The molecule has 2 N–H and O–H groups in total. The maximum Gasteiger partial charge on any atom is 0.246 e. The molecule has 6 atom stereocenters. The Kier molecular flexibility index (Phi) is 4.58. The fraction of sp³-hybridized carbons (Fsp3) is 0.536. The molecule has 8 nitrogen and oxygen atoms in total. The Bertz CT molecular complexity index is 1250. The largest absolute Gasteiger partial charge is 0.632 e. The third kappa shape index (κ3) is 2.83. The average Bonchev–Trinajstić information content (AvgIpc) is 3.36. The lowest BCUT2D eigenvalue weighted by Crippen LogP contribution is -2.81. The van der Waals surface area contributed by atoms with Crippen molar-refractivity contribution in [2.24, 2.45) is 5.92 Å². The number of hydrogen-bond donors (Lipinski definition) is 2. The van der Waals surface area contributed by atoms with Gasteiger partial charge in [-0.15, -0.1) is 0 Å². The first kappa shape index (κ1) is 22.4. The predicted octanol–water partition coefficient (Wildman–Crippen LogP) is 3.10. The number of piperidine rings is 1. The first-order chi connectivity index (χ1) is 17.3. The molecule has 5 aliphatic rings. The van der Waals surface area contributed by atoms with Gasteiger partial charge in [0, 0.05) is 43.0 Å². The molecule has 36 heavy (non-hydrogen) atoms. The topological polar surface area (TPSA) is 106 Å². The van der Waals surface area contributed by atoms with Crippen LogP contribution in [0.25, 0.3) is 6.08 Å². The van der Waals surface area contributed by atoms with Gasteiger partial charge in [0.25, 0.3) is 0 Å². The fourth-order valence-corrected chi connectivity index (χ4v) is 7.95. The molecule has 1 aromatic heterocycles. The van der Waals surface area contributed by atoms with Gasteiger partial charge in [0.2, 0.25) is 5.91 Å². The third-order valence-electron chi connectivity index (χ3n) is 9.83. The molecule has 2 aromatic rings. The molecule has 1 spiro atoms. The Balaban J connectivity index is 1.30. The smallest absolute Gasteiger partial charge is 0.246 e. The quantitative estimate of drug-likeness (QED) is 0.378. The van der Waals surface area contributed by atoms with E-state index in [2.05, 4.69) is 0 Å². The standard InChI is InChI=1S/C28H32N2O6/c1-29(23(32)7-4-18-9-13-35-16-18)20-8-10-28(33)22-14-19-5-6-21(31)25-24(19)27(28,26(20)36-25)11-12-30(22,34)15-17-2-3-17/h4-7,9,13,16-17,20,22,26,31,33H,2-3,8,10-12,14-15H2,1H3/b7-4+/t20-,22-,26+,27+,28-,30+/m1/s1. The van der Waals surface area contributed by atoms with Crippen molar-refractivity contribution in [1.82, 2.24) is 4.90 Å². The summed E-state index contributed by atoms with van der Waals surface area (Å²) in [4.78, 5) is 14.9. The molecule has 1 saturated heterocycles. The Labute approximate surface area is 209 Å². The van der Waals surface area contributed by atoms with Gasteiger partial charge in [-0.05, 0) is 49.5 Å². The van der Waals surface area contributed by atoms with Crippen molar-refractivity contribution in [3.8, 4) is 11.5 Å². The zero-order chi connectivity index (χ0) is 24.9. The summed E-state index contributed by atoms with van der Waals surface area (Å²) >= 11 is 0. The van der Waals surface area contributed by atoms with Crippen LogP contribution in [0.15, 0.2) is 41.2 Å². The van der Waals surface area contributed by atoms with E-state index < -0.39 is 23.2 Å². The summed E-state index contributed by atoms with van der Waals surface area (Å²) in [5.41, 5.74) is 0.591. The number of phenolic OH excluding ortho intramolecular Hbond substituents is 1. The van der Waals surface area contributed by atoms with Gasteiger partial charge in [0.1, 0.15) is 17.7 Å². The molecule has 1 aromatic carbocycles. The van der Waals surface area contributed by atoms with Crippen LogP contribution >= 0.6 is 0 Å². The van der Waals surface area contributed by atoms with Crippen molar-refractivity contribution in [3.05, 3.63) is 58.7 Å². The summed E-state index contributed by atoms with van der Waals surface area (Å²) in [6.45, 7) is 0.984. The maximum absolute atomic E-state index is 14.3. The van der Waals surface area contributed by atoms with E-state index in [9.17, 15) is 20.2 Å². The molecular weight excluding hydrogens is 460 g/mol. The third-order valence-corrected chi connectivity index (χ3v) is 9.83. The molecule has 3 fully saturated rings. The second-order valence-electron chi connectivity index (χ2n) is 11.6. The number of aromatic hydroxyl groups is 1. The van der Waals surface area contributed by atoms with E-state index in [0.29, 0.717) is 50.4 Å². The number of amides is 1. The minimum atomic E-state index is -1.24. The van der Waals surface area contributed by atoms with E-state index in [4.69, 9.17) is 9.15 Å². The zero-order valence-corrected chi connectivity index (χ0v) is 20.4. The molecule has 8 heteroatoms. The van der Waals surface area contributed by atoms with Crippen LogP contribution in [0.3, 0.4) is 0 Å². The normalized spacial score (nSPS) is 38.0. The number of carbonyl (C=O) groups excluding carboxylic acids is 1. The number of rotatable bonds is 5. The van der Waals surface area contributed by atoms with Crippen molar-refractivity contribution in [2.75, 3.05) is 20.1 Å². The summed E-state index contributed by atoms with van der Waals surface area (Å²) in [7, 11) is 1.77. The second kappa shape index (κ2) is 7.37. The van der Waals surface area contributed by atoms with Gasteiger partial charge >= 0.3 is 0 Å². The van der Waals surface area contributed by atoms with Crippen molar-refractivity contribution < 1.29 is 28.8 Å². The molecular formula is C28H32N2O6. The van der Waals surface area contributed by atoms with E-state index >= 15 is 0 Å². The van der Waals surface area contributed by atoms with Crippen LogP contribution in [0.1, 0.15) is 48.8 Å². The van der Waals surface area contributed by atoms with Crippen LogP contribution in [0, 0.1) is 11.1 Å². The second-order valence-corrected chi connectivity index (χ2v) is 11.6. The molecule has 7 rings (SSSR count). The zero-order valence-electron chi connectivity index (χ0n) is 20.4. The maximum atomic E-state index is 14.3. The molecule has 0 unspecified atom stereocenters. The van der Waals surface area contributed by atoms with Gasteiger partial charge in [-0.2, -0.15) is 0 Å². The number of nitrogens with zero attached hydrogens (tertiary/aromatic N) is 2. The van der Waals surface area contributed by atoms with Gasteiger partial charge in [-0.3, -0.25) is 4.79 Å². The number of likely N-dealkylation sites (N-methyl/N-ethyl adjacent to an activating group) is 1. The minimum Gasteiger partial charge on any atom is -0.632 e. The summed E-state index contributed by atoms with van der Waals surface area (Å²) in [5, 5.41) is 37.6. The number of benzene rings is 1. The highest BCUT2D eigenvalue weighted by Gasteiger charge is 2.76. The number of phenols is 1. The van der Waals surface area contributed by atoms with Gasteiger partial charge < -0.3 is 34.1 Å². The van der Waals surface area contributed by atoms with E-state index in [1.54, 1.807) is 42.7 Å². The minimum absolute atomic E-state index is 0.0531. The van der Waals surface area contributed by atoms with Crippen molar-refractivity contribution in [1.29, 1.82) is 0 Å². The Morgan fingerprint density at radius 3 is 2.86 bits per heavy atom. The average molecular weight is 493 g/mol. The van der Waals surface area contributed by atoms with E-state index in [1.807, 2.05) is 6.07 Å². The Hall–Kier alpha value is -2.81. The Morgan fingerprint density at radius 2 is 2.11 bits per heavy atom. The number of furan rings is 1. The van der Waals surface area contributed by atoms with Crippen LogP contribution in [0.5, 0.6) is 11.5 Å². The van der Waals surface area contributed by atoms with Crippen molar-refractivity contribution in [2.45, 2.75) is 67.7 Å². The highest BCUT2D eigenvalue weighted by molar-refractivity contribution is 5.91. The van der Waals surface area contributed by atoms with Crippen LogP contribution < -0.4 is 4.74 Å². The van der Waals surface area contributed by atoms with Gasteiger partial charge in [0.15, 0.2) is 11.5 Å². The lowest BCUT2D eigenvalue weighted by Gasteiger charge is -2.68. The van der Waals surface area contributed by atoms with Gasteiger partial charge in [-0.25, -0.2) is 0 Å². The summed E-state index contributed by atoms with van der Waals surface area (Å²) in [5.74, 6) is 0.758. The SMILES string of the molecule is CN(C(=O)/C=C/c1ccoc1)[C@@H]1CC[C@@]2(O)[C@H]3Cc4ccc(O)c5c4[C@@]2(CC[N@+]3([O-])CC2CC2)[C@H]1O5. The molecule has 3 heterocycles. The molecule has 2 aliphatic heterocycles. The number of ether oxygens (including phenoxy) is 1. The highest BCUT2D eigenvalue weighted by atomic mass is 16.6. The molecule has 0 radical (unpaired) electrons. The molecule has 3 aliphatic carbocycles. The predicted molar refractivity (Wildman–Crippen MR) is 131 cm³/mol. The van der Waals surface area contributed by atoms with E-state index in [0.717, 1.165) is 29.5 Å². The van der Waals surface area contributed by atoms with Gasteiger partial charge in [-0.1, -0.05) is 6.07 Å². The van der Waals surface area contributed by atoms with Crippen LogP contribution in [-0.2, 0) is 16.6 Å². The summed E-state index contributed by atoms with van der Waals surface area (Å²) in [6, 6.07) is 4.54. The number of quaternary nitrogens is 1. The lowest BCUT2D eigenvalue weighted by molar-refractivity contribution is -0.924. The highest BCUT2D eigenvalue weighted by Crippen LogP contribution is 2.67. The molecule has 2 bridgehead atoms. The first-order valence-corrected chi connectivity index (χ1v) is 13.1. The van der Waals surface area contributed by atoms with Crippen LogP contribution in [0.4, 0.5) is 0 Å². The summed E-state index contributed by atoms with van der Waals surface area (Å²) in [6.07, 6.45) is 9.94. The van der Waals surface area contributed by atoms with Crippen molar-refractivity contribution >= 4 is 12.0 Å². The van der Waals surface area contributed by atoms with Crippen LogP contribution in [0.2, 0.25) is 0 Å². The molecule has 190 valence electrons. The van der Waals surface area contributed by atoms with Crippen LogP contribution in [-0.4, -0.2) is 69.6 Å². The van der Waals surface area contributed by atoms with E-state index in [-0.39, 0.29) is 22.3 Å². The number of aliphatic hydroxyl groups is 1. The van der Waals surface area contributed by atoms with Crippen molar-refractivity contribution in [3.63, 3.8) is 0 Å². The number of likely N-dealkylation sites (tertiary alicyclic amines) is 1. The summed E-state index contributed by atoms with van der Waals surface area (Å²) < 4.78 is 11.3. The van der Waals surface area contributed by atoms with E-state index in [1.165, 1.54) is 6.08 Å².